The highest BCUT2D eigenvalue weighted by Gasteiger charge is 2.32. The van der Waals surface area contributed by atoms with Crippen molar-refractivity contribution in [3.63, 3.8) is 0 Å². The number of ether oxygens (including phenoxy) is 1. The molecule has 0 aliphatic carbocycles. The van der Waals surface area contributed by atoms with Crippen LogP contribution in [0.25, 0.3) is 0 Å². The molecular weight excluding hydrogens is 209 g/mol. The van der Waals surface area contributed by atoms with Crippen molar-refractivity contribution in [2.45, 2.75) is 6.36 Å². The van der Waals surface area contributed by atoms with Crippen molar-refractivity contribution in [2.75, 3.05) is 5.73 Å². The predicted molar refractivity (Wildman–Crippen MR) is 40.3 cm³/mol. The molecule has 0 saturated carbocycles. The average Bonchev–Trinajstić information content (AvgIpc) is 1.93. The van der Waals surface area contributed by atoms with Crippen molar-refractivity contribution in [1.29, 1.82) is 0 Å². The van der Waals surface area contributed by atoms with Crippen molar-refractivity contribution in [3.8, 4) is 5.75 Å². The topological polar surface area (TPSA) is 48.1 Å². The fourth-order valence-corrected chi connectivity index (χ4v) is 0.832. The fraction of sp³-hybridized carbons (Fsp3) is 0.167. The SMILES string of the molecule is Nc1cc(Cl)c(OC(F)(F)F)cn1. The maximum Gasteiger partial charge on any atom is 0.573 e. The molecule has 1 aromatic heterocycles. The van der Waals surface area contributed by atoms with Gasteiger partial charge >= 0.3 is 6.36 Å². The molecule has 0 aliphatic rings. The lowest BCUT2D eigenvalue weighted by molar-refractivity contribution is -0.274. The summed E-state index contributed by atoms with van der Waals surface area (Å²) in [6, 6.07) is 1.07. The van der Waals surface area contributed by atoms with Gasteiger partial charge in [-0.05, 0) is 0 Å². The fourth-order valence-electron chi connectivity index (χ4n) is 0.633. The number of halogens is 4. The second-order valence-corrected chi connectivity index (χ2v) is 2.49. The number of nitrogens with zero attached hydrogens (tertiary/aromatic N) is 1. The van der Waals surface area contributed by atoms with E-state index in [4.69, 9.17) is 17.3 Å². The van der Waals surface area contributed by atoms with Crippen molar-refractivity contribution < 1.29 is 17.9 Å². The summed E-state index contributed by atoms with van der Waals surface area (Å²) in [5.74, 6) is -0.539. The highest BCUT2D eigenvalue weighted by molar-refractivity contribution is 6.32. The van der Waals surface area contributed by atoms with E-state index >= 15 is 0 Å². The van der Waals surface area contributed by atoms with Crippen LogP contribution in [0, 0.1) is 0 Å². The third kappa shape index (κ3) is 2.98. The third-order valence-corrected chi connectivity index (χ3v) is 1.36. The molecule has 2 N–H and O–H groups in total. The molecule has 0 bridgehead atoms. The molecule has 0 unspecified atom stereocenters. The summed E-state index contributed by atoms with van der Waals surface area (Å²) in [7, 11) is 0. The maximum absolute atomic E-state index is 11.7. The molecular formula is C6H4ClF3N2O. The van der Waals surface area contributed by atoms with Gasteiger partial charge in [-0.2, -0.15) is 0 Å². The number of hydrogen-bond donors (Lipinski definition) is 1. The van der Waals surface area contributed by atoms with E-state index in [9.17, 15) is 13.2 Å². The van der Waals surface area contributed by atoms with E-state index in [0.717, 1.165) is 12.3 Å². The largest absolute Gasteiger partial charge is 0.573 e. The van der Waals surface area contributed by atoms with Gasteiger partial charge in [0.15, 0.2) is 5.75 Å². The second-order valence-electron chi connectivity index (χ2n) is 2.09. The first-order valence-electron chi connectivity index (χ1n) is 3.05. The summed E-state index contributed by atoms with van der Waals surface area (Å²) >= 11 is 5.39. The van der Waals surface area contributed by atoms with E-state index in [1.165, 1.54) is 0 Å². The van der Waals surface area contributed by atoms with Crippen LogP contribution in [0.2, 0.25) is 5.02 Å². The Morgan fingerprint density at radius 1 is 1.46 bits per heavy atom. The van der Waals surface area contributed by atoms with Gasteiger partial charge in [-0.15, -0.1) is 13.2 Å². The molecule has 1 rings (SSSR count). The second kappa shape index (κ2) is 3.29. The molecule has 0 amide bonds. The van der Waals surface area contributed by atoms with E-state index in [1.54, 1.807) is 0 Å². The Morgan fingerprint density at radius 2 is 2.08 bits per heavy atom. The summed E-state index contributed by atoms with van der Waals surface area (Å²) in [5, 5.41) is -0.232. The minimum absolute atomic E-state index is 0.0273. The first-order chi connectivity index (χ1) is 5.88. The summed E-state index contributed by atoms with van der Waals surface area (Å²) in [5.41, 5.74) is 5.16. The van der Waals surface area contributed by atoms with Crippen LogP contribution in [0.4, 0.5) is 19.0 Å². The number of hydrogen-bond acceptors (Lipinski definition) is 3. The summed E-state index contributed by atoms with van der Waals surface area (Å²) in [6.07, 6.45) is -3.97. The Labute approximate surface area is 76.3 Å². The number of nitrogens with two attached hydrogens (primary N) is 1. The Morgan fingerprint density at radius 3 is 2.54 bits per heavy atom. The molecule has 0 radical (unpaired) electrons. The molecule has 3 nitrogen and oxygen atoms in total. The standard InChI is InChI=1S/C6H4ClF3N2O/c7-3-1-5(11)12-2-4(3)13-6(8,9)10/h1-2H,(H2,11,12). The maximum atomic E-state index is 11.7. The molecule has 0 spiro atoms. The first-order valence-corrected chi connectivity index (χ1v) is 3.43. The molecule has 1 heterocycles. The molecule has 7 heteroatoms. The van der Waals surface area contributed by atoms with Gasteiger partial charge in [0, 0.05) is 6.07 Å². The van der Waals surface area contributed by atoms with Crippen molar-refractivity contribution in [2.24, 2.45) is 0 Å². The molecule has 0 atom stereocenters. The Balaban J connectivity index is 2.90. The molecule has 0 saturated heterocycles. The van der Waals surface area contributed by atoms with Gasteiger partial charge in [0.25, 0.3) is 0 Å². The minimum atomic E-state index is -4.78. The minimum Gasteiger partial charge on any atom is -0.403 e. The number of anilines is 1. The van der Waals surface area contributed by atoms with Crippen LogP contribution in [0.5, 0.6) is 5.75 Å². The van der Waals surface area contributed by atoms with Gasteiger partial charge in [-0.25, -0.2) is 4.98 Å². The van der Waals surface area contributed by atoms with Gasteiger partial charge in [-0.1, -0.05) is 11.6 Å². The van der Waals surface area contributed by atoms with Crippen molar-refractivity contribution >= 4 is 17.4 Å². The van der Waals surface area contributed by atoms with Crippen LogP contribution in [0.3, 0.4) is 0 Å². The van der Waals surface area contributed by atoms with Crippen LogP contribution >= 0.6 is 11.6 Å². The Kier molecular flexibility index (Phi) is 2.51. The van der Waals surface area contributed by atoms with E-state index in [1.807, 2.05) is 0 Å². The van der Waals surface area contributed by atoms with Crippen LogP contribution in [0.1, 0.15) is 0 Å². The summed E-state index contributed by atoms with van der Waals surface area (Å²) in [4.78, 5) is 3.39. The quantitative estimate of drug-likeness (QED) is 0.777. The van der Waals surface area contributed by atoms with Crippen LogP contribution in [-0.4, -0.2) is 11.3 Å². The lowest BCUT2D eigenvalue weighted by atomic mass is 10.4. The lowest BCUT2D eigenvalue weighted by Gasteiger charge is -2.09. The van der Waals surface area contributed by atoms with Crippen molar-refractivity contribution in [1.82, 2.24) is 4.98 Å². The molecule has 0 aliphatic heterocycles. The Bertz CT molecular complexity index is 315. The van der Waals surface area contributed by atoms with Gasteiger partial charge in [0.05, 0.1) is 11.2 Å². The third-order valence-electron chi connectivity index (χ3n) is 1.07. The number of pyridine rings is 1. The van der Waals surface area contributed by atoms with Gasteiger partial charge in [0.1, 0.15) is 5.82 Å². The number of aromatic nitrogens is 1. The van der Waals surface area contributed by atoms with Gasteiger partial charge in [0.2, 0.25) is 0 Å². The average molecular weight is 213 g/mol. The van der Waals surface area contributed by atoms with E-state index < -0.39 is 12.1 Å². The van der Waals surface area contributed by atoms with Crippen LogP contribution < -0.4 is 10.5 Å². The highest BCUT2D eigenvalue weighted by atomic mass is 35.5. The van der Waals surface area contributed by atoms with E-state index in [2.05, 4.69) is 9.72 Å². The zero-order chi connectivity index (χ0) is 10.1. The summed E-state index contributed by atoms with van der Waals surface area (Å²) in [6.45, 7) is 0. The van der Waals surface area contributed by atoms with Crippen LogP contribution in [-0.2, 0) is 0 Å². The zero-order valence-electron chi connectivity index (χ0n) is 6.10. The number of alkyl halides is 3. The van der Waals surface area contributed by atoms with Crippen LogP contribution in [0.15, 0.2) is 12.3 Å². The van der Waals surface area contributed by atoms with Gasteiger partial charge < -0.3 is 10.5 Å². The number of rotatable bonds is 1. The molecule has 1 aromatic rings. The first kappa shape index (κ1) is 9.91. The molecule has 0 aromatic carbocycles. The van der Waals surface area contributed by atoms with E-state index in [-0.39, 0.29) is 10.8 Å². The Hall–Kier alpha value is -1.17. The predicted octanol–water partition coefficient (Wildman–Crippen LogP) is 2.22. The zero-order valence-corrected chi connectivity index (χ0v) is 6.86. The monoisotopic (exact) mass is 212 g/mol. The lowest BCUT2D eigenvalue weighted by Crippen LogP contribution is -2.17. The van der Waals surface area contributed by atoms with E-state index in [0.29, 0.717) is 0 Å². The molecule has 13 heavy (non-hydrogen) atoms. The van der Waals surface area contributed by atoms with Crippen molar-refractivity contribution in [3.05, 3.63) is 17.3 Å². The smallest absolute Gasteiger partial charge is 0.403 e. The summed E-state index contributed by atoms with van der Waals surface area (Å²) < 4.78 is 38.6. The normalized spacial score (nSPS) is 11.4. The van der Waals surface area contributed by atoms with Gasteiger partial charge in [-0.3, -0.25) is 0 Å². The highest BCUT2D eigenvalue weighted by Crippen LogP contribution is 2.29. The molecule has 0 fully saturated rings. The number of nitrogen functional groups attached to an aromatic ring is 1. The molecule has 72 valence electrons.